The van der Waals surface area contributed by atoms with Crippen LogP contribution in [0, 0.1) is 5.92 Å². The van der Waals surface area contributed by atoms with Crippen LogP contribution in [0.3, 0.4) is 0 Å². The number of hydrogen-bond acceptors (Lipinski definition) is 5. The molecule has 1 atom stereocenters. The number of amides is 2. The third-order valence-corrected chi connectivity index (χ3v) is 7.29. The van der Waals surface area contributed by atoms with Crippen molar-refractivity contribution >= 4 is 22.0 Å². The van der Waals surface area contributed by atoms with Crippen LogP contribution in [-0.2, 0) is 19.6 Å². The number of nitrogens with one attached hydrogen (secondary N) is 1. The minimum Gasteiger partial charge on any atom is -0.453 e. The first-order valence-electron chi connectivity index (χ1n) is 9.60. The second kappa shape index (κ2) is 8.91. The number of sulfonamides is 1. The number of hydrogen-bond donors (Lipinski definition) is 1. The number of benzene rings is 1. The standard InChI is InChI=1S/C19H27N3O5S/c1-27-19(24)21-12-9-16(10-13-21)20-18(23)15-6-5-11-22(14-15)28(25,26)17-7-3-2-4-8-17/h2-4,7-8,15-16H,5-6,9-14H2,1H3,(H,20,23). The first-order valence-corrected chi connectivity index (χ1v) is 11.0. The van der Waals surface area contributed by atoms with E-state index in [0.29, 0.717) is 45.3 Å². The van der Waals surface area contributed by atoms with E-state index in [-0.39, 0.29) is 35.4 Å². The van der Waals surface area contributed by atoms with Crippen molar-refractivity contribution in [1.82, 2.24) is 14.5 Å². The Labute approximate surface area is 165 Å². The fourth-order valence-electron chi connectivity index (χ4n) is 3.77. The third kappa shape index (κ3) is 4.64. The highest BCUT2D eigenvalue weighted by molar-refractivity contribution is 7.89. The van der Waals surface area contributed by atoms with Crippen molar-refractivity contribution in [3.05, 3.63) is 30.3 Å². The lowest BCUT2D eigenvalue weighted by Crippen LogP contribution is -2.50. The number of nitrogens with zero attached hydrogens (tertiary/aromatic N) is 2. The van der Waals surface area contributed by atoms with Gasteiger partial charge in [0.25, 0.3) is 0 Å². The molecule has 8 nitrogen and oxygen atoms in total. The van der Waals surface area contributed by atoms with Crippen LogP contribution >= 0.6 is 0 Å². The molecular formula is C19H27N3O5S. The molecule has 2 saturated heterocycles. The van der Waals surface area contributed by atoms with Crippen LogP contribution < -0.4 is 5.32 Å². The molecule has 0 saturated carbocycles. The van der Waals surface area contributed by atoms with Gasteiger partial charge in [0.05, 0.1) is 17.9 Å². The summed E-state index contributed by atoms with van der Waals surface area (Å²) in [6.07, 6.45) is 2.32. The SMILES string of the molecule is COC(=O)N1CCC(NC(=O)C2CCCN(S(=O)(=O)c3ccccc3)C2)CC1. The van der Waals surface area contributed by atoms with Crippen LogP contribution in [0.2, 0.25) is 0 Å². The van der Waals surface area contributed by atoms with E-state index in [0.717, 1.165) is 0 Å². The van der Waals surface area contributed by atoms with E-state index in [1.54, 1.807) is 35.2 Å². The number of likely N-dealkylation sites (tertiary alicyclic amines) is 1. The number of carbonyl (C=O) groups is 2. The van der Waals surface area contributed by atoms with Gasteiger partial charge in [-0.2, -0.15) is 4.31 Å². The maximum Gasteiger partial charge on any atom is 0.409 e. The lowest BCUT2D eigenvalue weighted by Gasteiger charge is -2.34. The number of carbonyl (C=O) groups excluding carboxylic acids is 2. The van der Waals surface area contributed by atoms with E-state index in [4.69, 9.17) is 4.74 Å². The zero-order valence-corrected chi connectivity index (χ0v) is 16.9. The summed E-state index contributed by atoms with van der Waals surface area (Å²) in [5, 5.41) is 3.04. The minimum absolute atomic E-state index is 0.00508. The first-order chi connectivity index (χ1) is 13.4. The van der Waals surface area contributed by atoms with E-state index in [9.17, 15) is 18.0 Å². The molecule has 0 spiro atoms. The zero-order chi connectivity index (χ0) is 20.1. The third-order valence-electron chi connectivity index (χ3n) is 5.41. The van der Waals surface area contributed by atoms with E-state index in [2.05, 4.69) is 5.32 Å². The Kier molecular flexibility index (Phi) is 6.56. The first kappa shape index (κ1) is 20.6. The second-order valence-electron chi connectivity index (χ2n) is 7.26. The molecule has 0 aromatic heterocycles. The average Bonchev–Trinajstić information content (AvgIpc) is 2.74. The van der Waals surface area contributed by atoms with Gasteiger partial charge in [-0.3, -0.25) is 4.79 Å². The predicted octanol–water partition coefficient (Wildman–Crippen LogP) is 1.43. The summed E-state index contributed by atoms with van der Waals surface area (Å²) in [6, 6.07) is 8.32. The number of rotatable bonds is 4. The predicted molar refractivity (Wildman–Crippen MR) is 103 cm³/mol. The van der Waals surface area contributed by atoms with E-state index in [1.165, 1.54) is 11.4 Å². The Morgan fingerprint density at radius 2 is 1.75 bits per heavy atom. The quantitative estimate of drug-likeness (QED) is 0.812. The Hall–Kier alpha value is -2.13. The topological polar surface area (TPSA) is 96.0 Å². The van der Waals surface area contributed by atoms with E-state index >= 15 is 0 Å². The molecule has 1 unspecified atom stereocenters. The molecule has 2 amide bonds. The molecule has 2 fully saturated rings. The fraction of sp³-hybridized carbons (Fsp3) is 0.579. The van der Waals surface area contributed by atoms with Gasteiger partial charge in [-0.1, -0.05) is 18.2 Å². The summed E-state index contributed by atoms with van der Waals surface area (Å²) in [5.41, 5.74) is 0. The van der Waals surface area contributed by atoms with Gasteiger partial charge >= 0.3 is 6.09 Å². The van der Waals surface area contributed by atoms with Gasteiger partial charge in [-0.05, 0) is 37.8 Å². The van der Waals surface area contributed by atoms with Gasteiger partial charge in [0, 0.05) is 32.2 Å². The van der Waals surface area contributed by atoms with Crippen molar-refractivity contribution < 1.29 is 22.7 Å². The molecule has 2 heterocycles. The average molecular weight is 410 g/mol. The molecule has 0 radical (unpaired) electrons. The Morgan fingerprint density at radius 3 is 2.39 bits per heavy atom. The van der Waals surface area contributed by atoms with Crippen LogP contribution in [-0.4, -0.2) is 69.0 Å². The van der Waals surface area contributed by atoms with Crippen LogP contribution in [0.25, 0.3) is 0 Å². The molecule has 3 rings (SSSR count). The van der Waals surface area contributed by atoms with Crippen molar-refractivity contribution in [2.75, 3.05) is 33.3 Å². The minimum atomic E-state index is -3.59. The summed E-state index contributed by atoms with van der Waals surface area (Å²) in [5.74, 6) is -0.463. The molecule has 0 aliphatic carbocycles. The normalized spacial score (nSPS) is 21.9. The Bertz CT molecular complexity index is 791. The summed E-state index contributed by atoms with van der Waals surface area (Å²) >= 11 is 0. The molecule has 1 aromatic carbocycles. The fourth-order valence-corrected chi connectivity index (χ4v) is 5.32. The maximum atomic E-state index is 12.8. The van der Waals surface area contributed by atoms with E-state index in [1.807, 2.05) is 0 Å². The molecule has 1 aromatic rings. The molecule has 2 aliphatic rings. The van der Waals surface area contributed by atoms with Gasteiger partial charge in [-0.15, -0.1) is 0 Å². The largest absolute Gasteiger partial charge is 0.453 e. The molecule has 2 aliphatic heterocycles. The Morgan fingerprint density at radius 1 is 1.07 bits per heavy atom. The molecule has 28 heavy (non-hydrogen) atoms. The van der Waals surface area contributed by atoms with Gasteiger partial charge in [0.1, 0.15) is 0 Å². The lowest BCUT2D eigenvalue weighted by atomic mass is 9.97. The lowest BCUT2D eigenvalue weighted by molar-refractivity contribution is -0.127. The van der Waals surface area contributed by atoms with Crippen LogP contribution in [0.5, 0.6) is 0 Å². The second-order valence-corrected chi connectivity index (χ2v) is 9.19. The number of methoxy groups -OCH3 is 1. The molecular weight excluding hydrogens is 382 g/mol. The van der Waals surface area contributed by atoms with E-state index < -0.39 is 10.0 Å². The summed E-state index contributed by atoms with van der Waals surface area (Å²) in [4.78, 5) is 26.1. The van der Waals surface area contributed by atoms with Gasteiger partial charge in [0.15, 0.2) is 0 Å². The number of piperidine rings is 2. The Balaban J connectivity index is 1.56. The number of ether oxygens (including phenoxy) is 1. The monoisotopic (exact) mass is 409 g/mol. The van der Waals surface area contributed by atoms with Crippen molar-refractivity contribution in [2.45, 2.75) is 36.6 Å². The van der Waals surface area contributed by atoms with Crippen molar-refractivity contribution in [3.63, 3.8) is 0 Å². The van der Waals surface area contributed by atoms with Crippen molar-refractivity contribution in [1.29, 1.82) is 0 Å². The van der Waals surface area contributed by atoms with Crippen LogP contribution in [0.4, 0.5) is 4.79 Å². The van der Waals surface area contributed by atoms with Crippen LogP contribution in [0.1, 0.15) is 25.7 Å². The molecule has 154 valence electrons. The highest BCUT2D eigenvalue weighted by Gasteiger charge is 2.34. The molecule has 1 N–H and O–H groups in total. The zero-order valence-electron chi connectivity index (χ0n) is 16.0. The smallest absolute Gasteiger partial charge is 0.409 e. The highest BCUT2D eigenvalue weighted by atomic mass is 32.2. The van der Waals surface area contributed by atoms with Gasteiger partial charge in [0.2, 0.25) is 15.9 Å². The van der Waals surface area contributed by atoms with Crippen molar-refractivity contribution in [3.8, 4) is 0 Å². The molecule has 9 heteroatoms. The molecule has 0 bridgehead atoms. The summed E-state index contributed by atoms with van der Waals surface area (Å²) in [6.45, 7) is 1.70. The van der Waals surface area contributed by atoms with Crippen molar-refractivity contribution in [2.24, 2.45) is 5.92 Å². The van der Waals surface area contributed by atoms with Crippen LogP contribution in [0.15, 0.2) is 35.2 Å². The summed E-state index contributed by atoms with van der Waals surface area (Å²) < 4.78 is 31.8. The van der Waals surface area contributed by atoms with Gasteiger partial charge in [-0.25, -0.2) is 13.2 Å². The van der Waals surface area contributed by atoms with Gasteiger partial charge < -0.3 is 15.0 Å². The summed E-state index contributed by atoms with van der Waals surface area (Å²) in [7, 11) is -2.23. The highest BCUT2D eigenvalue weighted by Crippen LogP contribution is 2.24. The maximum absolute atomic E-state index is 12.8.